The first-order valence-electron chi connectivity index (χ1n) is 10.2. The van der Waals surface area contributed by atoms with Gasteiger partial charge in [0.2, 0.25) is 0 Å². The van der Waals surface area contributed by atoms with Gasteiger partial charge < -0.3 is 9.38 Å². The zero-order valence-corrected chi connectivity index (χ0v) is 17.3. The van der Waals surface area contributed by atoms with Crippen LogP contribution in [-0.4, -0.2) is 30.8 Å². The number of imidazole rings is 1. The van der Waals surface area contributed by atoms with E-state index in [1.807, 2.05) is 35.7 Å². The zero-order chi connectivity index (χ0) is 22.5. The molecule has 0 atom stereocenters. The standard InChI is InChI=1S/C23H20F3N5O/c1-14-27-19(20-4-2-3-10-31(14)20)13-30-11-9-18-17(12-30)22(32)29-21(28-18)15-5-7-16(8-6-15)23(24,25)26/h2-8,10H,9,11-13H2,1H3,(H,28,29,32). The Morgan fingerprint density at radius 1 is 1.09 bits per heavy atom. The maximum absolute atomic E-state index is 12.8. The minimum absolute atomic E-state index is 0.263. The molecule has 0 amide bonds. The van der Waals surface area contributed by atoms with Crippen LogP contribution in [0.2, 0.25) is 0 Å². The van der Waals surface area contributed by atoms with E-state index in [-0.39, 0.29) is 11.4 Å². The van der Waals surface area contributed by atoms with Crippen molar-refractivity contribution in [1.82, 2.24) is 24.3 Å². The van der Waals surface area contributed by atoms with Crippen molar-refractivity contribution in [1.29, 1.82) is 0 Å². The summed E-state index contributed by atoms with van der Waals surface area (Å²) in [5, 5.41) is 0. The molecule has 0 spiro atoms. The summed E-state index contributed by atoms with van der Waals surface area (Å²) in [4.78, 5) is 26.9. The van der Waals surface area contributed by atoms with Gasteiger partial charge in [0.25, 0.3) is 5.56 Å². The molecule has 5 rings (SSSR count). The molecule has 0 fully saturated rings. The fourth-order valence-electron chi connectivity index (χ4n) is 4.16. The van der Waals surface area contributed by atoms with Crippen molar-refractivity contribution in [3.8, 4) is 11.4 Å². The van der Waals surface area contributed by atoms with Gasteiger partial charge in [0.15, 0.2) is 0 Å². The van der Waals surface area contributed by atoms with Gasteiger partial charge in [0.05, 0.1) is 28.0 Å². The number of H-pyrrole nitrogens is 1. The van der Waals surface area contributed by atoms with Crippen molar-refractivity contribution in [3.05, 3.63) is 87.4 Å². The topological polar surface area (TPSA) is 66.3 Å². The fourth-order valence-corrected chi connectivity index (χ4v) is 4.16. The van der Waals surface area contributed by atoms with E-state index in [2.05, 4.69) is 19.9 Å². The Kier molecular flexibility index (Phi) is 4.85. The summed E-state index contributed by atoms with van der Waals surface area (Å²) in [6, 6.07) is 10.6. The van der Waals surface area contributed by atoms with E-state index >= 15 is 0 Å². The van der Waals surface area contributed by atoms with Crippen molar-refractivity contribution in [2.75, 3.05) is 6.54 Å². The maximum atomic E-state index is 12.8. The number of hydrogen-bond donors (Lipinski definition) is 1. The van der Waals surface area contributed by atoms with Crippen LogP contribution < -0.4 is 5.56 Å². The third-order valence-corrected chi connectivity index (χ3v) is 5.81. The van der Waals surface area contributed by atoms with Crippen molar-refractivity contribution >= 4 is 5.52 Å². The van der Waals surface area contributed by atoms with Gasteiger partial charge in [0, 0.05) is 37.8 Å². The summed E-state index contributed by atoms with van der Waals surface area (Å²) in [6.07, 6.45) is -1.85. The average Bonchev–Trinajstić information content (AvgIpc) is 3.09. The molecule has 32 heavy (non-hydrogen) atoms. The molecule has 4 heterocycles. The van der Waals surface area contributed by atoms with Gasteiger partial charge in [-0.15, -0.1) is 0 Å². The van der Waals surface area contributed by atoms with Crippen molar-refractivity contribution in [2.45, 2.75) is 32.6 Å². The summed E-state index contributed by atoms with van der Waals surface area (Å²) in [5.74, 6) is 1.19. The Balaban J connectivity index is 1.39. The lowest BCUT2D eigenvalue weighted by molar-refractivity contribution is -0.137. The van der Waals surface area contributed by atoms with Crippen LogP contribution in [-0.2, 0) is 25.7 Å². The third-order valence-electron chi connectivity index (χ3n) is 5.81. The number of alkyl halides is 3. The normalized spacial score (nSPS) is 14.6. The molecule has 4 aromatic rings. The van der Waals surface area contributed by atoms with E-state index in [1.54, 1.807) is 0 Å². The minimum atomic E-state index is -4.41. The van der Waals surface area contributed by atoms with Gasteiger partial charge in [-0.2, -0.15) is 13.2 Å². The maximum Gasteiger partial charge on any atom is 0.416 e. The minimum Gasteiger partial charge on any atom is -0.306 e. The van der Waals surface area contributed by atoms with Crippen LogP contribution in [0.15, 0.2) is 53.5 Å². The quantitative estimate of drug-likeness (QED) is 0.525. The van der Waals surface area contributed by atoms with E-state index in [0.717, 1.165) is 29.2 Å². The third kappa shape index (κ3) is 3.69. The lowest BCUT2D eigenvalue weighted by Crippen LogP contribution is -2.35. The van der Waals surface area contributed by atoms with Gasteiger partial charge in [-0.1, -0.05) is 18.2 Å². The largest absolute Gasteiger partial charge is 0.416 e. The fraction of sp³-hybridized carbons (Fsp3) is 0.261. The number of aromatic amines is 1. The first kappa shape index (κ1) is 20.4. The second kappa shape index (κ2) is 7.59. The first-order valence-corrected chi connectivity index (χ1v) is 10.2. The van der Waals surface area contributed by atoms with Crippen LogP contribution in [0.5, 0.6) is 0 Å². The predicted octanol–water partition coefficient (Wildman–Crippen LogP) is 3.97. The Labute approximate surface area is 181 Å². The van der Waals surface area contributed by atoms with Gasteiger partial charge in [-0.25, -0.2) is 9.97 Å². The highest BCUT2D eigenvalue weighted by atomic mass is 19.4. The number of halogens is 3. The average molecular weight is 439 g/mol. The second-order valence-corrected chi connectivity index (χ2v) is 7.94. The molecule has 1 aliphatic rings. The Hall–Kier alpha value is -3.46. The van der Waals surface area contributed by atoms with Crippen LogP contribution in [0.4, 0.5) is 13.2 Å². The molecular formula is C23H20F3N5O. The second-order valence-electron chi connectivity index (χ2n) is 7.94. The zero-order valence-electron chi connectivity index (χ0n) is 17.3. The Morgan fingerprint density at radius 2 is 1.88 bits per heavy atom. The lowest BCUT2D eigenvalue weighted by Gasteiger charge is -2.27. The first-order chi connectivity index (χ1) is 15.3. The molecule has 0 bridgehead atoms. The van der Waals surface area contributed by atoms with Gasteiger partial charge in [-0.05, 0) is 31.2 Å². The monoisotopic (exact) mass is 439 g/mol. The van der Waals surface area contributed by atoms with Gasteiger partial charge in [-0.3, -0.25) is 9.69 Å². The highest BCUT2D eigenvalue weighted by Crippen LogP contribution is 2.30. The van der Waals surface area contributed by atoms with Crippen LogP contribution in [0, 0.1) is 6.92 Å². The molecule has 1 N–H and O–H groups in total. The number of nitrogens with zero attached hydrogens (tertiary/aromatic N) is 4. The Bertz CT molecular complexity index is 1360. The number of pyridine rings is 1. The molecule has 164 valence electrons. The molecule has 0 saturated heterocycles. The van der Waals surface area contributed by atoms with Crippen LogP contribution >= 0.6 is 0 Å². The predicted molar refractivity (Wildman–Crippen MR) is 113 cm³/mol. The SMILES string of the molecule is Cc1nc(CN2CCc3nc(-c4ccc(C(F)(F)F)cc4)[nH]c(=O)c3C2)c2ccccn12. The number of aryl methyl sites for hydroxylation is 1. The summed E-state index contributed by atoms with van der Waals surface area (Å²) in [6.45, 7) is 3.72. The highest BCUT2D eigenvalue weighted by molar-refractivity contribution is 5.56. The van der Waals surface area contributed by atoms with E-state index in [0.29, 0.717) is 42.9 Å². The summed E-state index contributed by atoms with van der Waals surface area (Å²) in [5.41, 5.74) is 2.72. The summed E-state index contributed by atoms with van der Waals surface area (Å²) in [7, 11) is 0. The molecule has 6 nitrogen and oxygen atoms in total. The van der Waals surface area contributed by atoms with Crippen LogP contribution in [0.3, 0.4) is 0 Å². The van der Waals surface area contributed by atoms with Crippen LogP contribution in [0.1, 0.15) is 28.3 Å². The number of hydrogen-bond acceptors (Lipinski definition) is 4. The van der Waals surface area contributed by atoms with Crippen LogP contribution in [0.25, 0.3) is 16.9 Å². The molecule has 1 aromatic carbocycles. The number of aromatic nitrogens is 4. The van der Waals surface area contributed by atoms with E-state index in [4.69, 9.17) is 0 Å². The van der Waals surface area contributed by atoms with Crippen molar-refractivity contribution in [3.63, 3.8) is 0 Å². The van der Waals surface area contributed by atoms with Crippen molar-refractivity contribution in [2.24, 2.45) is 0 Å². The molecule has 0 aliphatic carbocycles. The molecule has 0 saturated carbocycles. The summed E-state index contributed by atoms with van der Waals surface area (Å²) < 4.78 is 40.5. The summed E-state index contributed by atoms with van der Waals surface area (Å²) >= 11 is 0. The molecule has 1 aliphatic heterocycles. The molecule has 9 heteroatoms. The van der Waals surface area contributed by atoms with Crippen molar-refractivity contribution < 1.29 is 13.2 Å². The lowest BCUT2D eigenvalue weighted by atomic mass is 10.1. The number of benzene rings is 1. The Morgan fingerprint density at radius 3 is 2.62 bits per heavy atom. The number of rotatable bonds is 3. The number of nitrogens with one attached hydrogen (secondary N) is 1. The molecular weight excluding hydrogens is 419 g/mol. The smallest absolute Gasteiger partial charge is 0.306 e. The van der Waals surface area contributed by atoms with E-state index in [1.165, 1.54) is 12.1 Å². The highest BCUT2D eigenvalue weighted by Gasteiger charge is 2.30. The molecule has 0 unspecified atom stereocenters. The van der Waals surface area contributed by atoms with E-state index in [9.17, 15) is 18.0 Å². The molecule has 3 aromatic heterocycles. The number of fused-ring (bicyclic) bond motifs is 2. The van der Waals surface area contributed by atoms with Gasteiger partial charge >= 0.3 is 6.18 Å². The van der Waals surface area contributed by atoms with E-state index < -0.39 is 11.7 Å². The van der Waals surface area contributed by atoms with Gasteiger partial charge in [0.1, 0.15) is 11.6 Å². The molecule has 0 radical (unpaired) electrons.